The first-order valence-corrected chi connectivity index (χ1v) is 10.6. The van der Waals surface area contributed by atoms with Gasteiger partial charge in [-0.25, -0.2) is 4.98 Å². The second-order valence-electron chi connectivity index (χ2n) is 6.88. The van der Waals surface area contributed by atoms with Gasteiger partial charge in [0, 0.05) is 25.1 Å². The lowest BCUT2D eigenvalue weighted by Gasteiger charge is -2.05. The van der Waals surface area contributed by atoms with Crippen molar-refractivity contribution in [2.24, 2.45) is 0 Å². The normalized spacial score (nSPS) is 12.5. The summed E-state index contributed by atoms with van der Waals surface area (Å²) in [6.45, 7) is 2.05. The van der Waals surface area contributed by atoms with Crippen LogP contribution in [0, 0.1) is 0 Å². The van der Waals surface area contributed by atoms with Crippen LogP contribution in [0.2, 0.25) is 5.02 Å². The second kappa shape index (κ2) is 7.59. The third kappa shape index (κ3) is 3.36. The highest BCUT2D eigenvalue weighted by atomic mass is 35.5. The van der Waals surface area contributed by atoms with Crippen LogP contribution in [0.25, 0.3) is 32.4 Å². The first-order chi connectivity index (χ1) is 14.6. The lowest BCUT2D eigenvalue weighted by atomic mass is 10.1. The average Bonchev–Trinajstić information content (AvgIpc) is 3.28. The van der Waals surface area contributed by atoms with Gasteiger partial charge in [0.15, 0.2) is 0 Å². The molecule has 3 aromatic heterocycles. The molecule has 4 heterocycles. The molecule has 150 valence electrons. The van der Waals surface area contributed by atoms with Crippen LogP contribution in [0.3, 0.4) is 0 Å². The Bertz CT molecular complexity index is 1260. The fourth-order valence-corrected chi connectivity index (χ4v) is 4.95. The number of amides is 1. The number of aromatic nitrogens is 3. The van der Waals surface area contributed by atoms with Crippen molar-refractivity contribution in [1.29, 1.82) is 0 Å². The van der Waals surface area contributed by atoms with Crippen LogP contribution >= 0.6 is 22.9 Å². The number of nitrogens with one attached hydrogen (secondary N) is 2. The van der Waals surface area contributed by atoms with Crippen LogP contribution < -0.4 is 10.1 Å². The van der Waals surface area contributed by atoms with E-state index in [1.54, 1.807) is 17.5 Å². The van der Waals surface area contributed by atoms with E-state index in [4.69, 9.17) is 16.3 Å². The van der Waals surface area contributed by atoms with Gasteiger partial charge in [-0.15, -0.1) is 11.3 Å². The Labute approximate surface area is 181 Å². The number of benzene rings is 1. The van der Waals surface area contributed by atoms with Crippen LogP contribution in [-0.4, -0.2) is 27.5 Å². The van der Waals surface area contributed by atoms with Gasteiger partial charge in [0.1, 0.15) is 17.1 Å². The second-order valence-corrected chi connectivity index (χ2v) is 8.34. The molecule has 0 aliphatic carbocycles. The summed E-state index contributed by atoms with van der Waals surface area (Å²) in [5.41, 5.74) is 4.32. The van der Waals surface area contributed by atoms with Crippen molar-refractivity contribution in [3.63, 3.8) is 0 Å². The third-order valence-electron chi connectivity index (χ3n) is 4.80. The standard InChI is InChI=1S/C22H17ClN4O2S/c1-12(28)25-22-26-18(14-5-2-3-6-15(14)23)20(27-22)17-11-13-8-10-29-16-7-4-9-24-19(16)21(13)30-17/h2-7,9,11H,8,10H2,1H3,(H2,25,26,27,28). The largest absolute Gasteiger partial charge is 0.491 e. The Balaban J connectivity index is 1.68. The number of ether oxygens (including phenoxy) is 1. The number of nitrogens with zero attached hydrogens (tertiary/aromatic N) is 2. The van der Waals surface area contributed by atoms with E-state index in [9.17, 15) is 4.79 Å². The molecule has 1 aliphatic heterocycles. The van der Waals surface area contributed by atoms with E-state index in [1.807, 2.05) is 36.4 Å². The van der Waals surface area contributed by atoms with E-state index in [-0.39, 0.29) is 5.91 Å². The fourth-order valence-electron chi connectivity index (χ4n) is 3.51. The van der Waals surface area contributed by atoms with Crippen molar-refractivity contribution >= 4 is 34.8 Å². The predicted octanol–water partition coefficient (Wildman–Crippen LogP) is 5.41. The number of rotatable bonds is 3. The quantitative estimate of drug-likeness (QED) is 0.449. The van der Waals surface area contributed by atoms with Gasteiger partial charge in [-0.1, -0.05) is 29.8 Å². The molecule has 30 heavy (non-hydrogen) atoms. The molecule has 2 N–H and O–H groups in total. The highest BCUT2D eigenvalue weighted by Gasteiger charge is 2.24. The number of hydrogen-bond acceptors (Lipinski definition) is 5. The average molecular weight is 437 g/mol. The molecule has 6 nitrogen and oxygen atoms in total. The summed E-state index contributed by atoms with van der Waals surface area (Å²) in [5.74, 6) is 0.982. The molecule has 0 radical (unpaired) electrons. The maximum Gasteiger partial charge on any atom is 0.223 e. The summed E-state index contributed by atoms with van der Waals surface area (Å²) in [6, 6.07) is 13.5. The van der Waals surface area contributed by atoms with Gasteiger partial charge in [-0.05, 0) is 29.8 Å². The predicted molar refractivity (Wildman–Crippen MR) is 119 cm³/mol. The summed E-state index contributed by atoms with van der Waals surface area (Å²) < 4.78 is 5.85. The number of halogens is 1. The zero-order valence-corrected chi connectivity index (χ0v) is 17.6. The fraction of sp³-hybridized carbons (Fsp3) is 0.136. The number of pyridine rings is 1. The third-order valence-corrected chi connectivity index (χ3v) is 6.33. The summed E-state index contributed by atoms with van der Waals surface area (Å²) in [6.07, 6.45) is 2.56. The molecule has 0 fully saturated rings. The summed E-state index contributed by atoms with van der Waals surface area (Å²) >= 11 is 8.08. The highest BCUT2D eigenvalue weighted by molar-refractivity contribution is 7.19. The molecule has 1 amide bonds. The number of carbonyl (C=O) groups is 1. The SMILES string of the molecule is CC(=O)Nc1nc(-c2ccccc2Cl)c(-c2cc3c(s2)-c2ncccc2OCC3)[nH]1. The van der Waals surface area contributed by atoms with Crippen molar-refractivity contribution in [1.82, 2.24) is 15.0 Å². The maximum absolute atomic E-state index is 11.6. The van der Waals surface area contributed by atoms with E-state index in [0.29, 0.717) is 23.3 Å². The highest BCUT2D eigenvalue weighted by Crippen LogP contribution is 2.45. The van der Waals surface area contributed by atoms with Crippen LogP contribution in [0.1, 0.15) is 12.5 Å². The zero-order chi connectivity index (χ0) is 20.7. The summed E-state index contributed by atoms with van der Waals surface area (Å²) in [7, 11) is 0. The molecule has 5 rings (SSSR count). The molecule has 0 atom stereocenters. The van der Waals surface area contributed by atoms with Gasteiger partial charge in [0.2, 0.25) is 11.9 Å². The van der Waals surface area contributed by atoms with Gasteiger partial charge in [-0.3, -0.25) is 15.1 Å². The van der Waals surface area contributed by atoms with Crippen molar-refractivity contribution in [3.05, 3.63) is 59.2 Å². The molecule has 8 heteroatoms. The first kappa shape index (κ1) is 18.8. The molecule has 0 bridgehead atoms. The van der Waals surface area contributed by atoms with E-state index in [2.05, 4.69) is 26.3 Å². The molecule has 4 aromatic rings. The van der Waals surface area contributed by atoms with Crippen LogP contribution in [0.4, 0.5) is 5.95 Å². The molecule has 0 spiro atoms. The van der Waals surface area contributed by atoms with Crippen molar-refractivity contribution in [2.45, 2.75) is 13.3 Å². The Morgan fingerprint density at radius 1 is 1.23 bits per heavy atom. The number of H-pyrrole nitrogens is 1. The van der Waals surface area contributed by atoms with Gasteiger partial charge in [-0.2, -0.15) is 0 Å². The zero-order valence-electron chi connectivity index (χ0n) is 16.0. The Kier molecular flexibility index (Phi) is 4.77. The van der Waals surface area contributed by atoms with E-state index in [0.717, 1.165) is 38.9 Å². The summed E-state index contributed by atoms with van der Waals surface area (Å²) in [4.78, 5) is 26.1. The topological polar surface area (TPSA) is 79.9 Å². The lowest BCUT2D eigenvalue weighted by molar-refractivity contribution is -0.114. The van der Waals surface area contributed by atoms with Gasteiger partial charge in [0.25, 0.3) is 0 Å². The van der Waals surface area contributed by atoms with E-state index in [1.165, 1.54) is 12.5 Å². The van der Waals surface area contributed by atoms with Crippen molar-refractivity contribution in [3.8, 4) is 38.1 Å². The van der Waals surface area contributed by atoms with E-state index >= 15 is 0 Å². The van der Waals surface area contributed by atoms with Crippen molar-refractivity contribution in [2.75, 3.05) is 11.9 Å². The van der Waals surface area contributed by atoms with Crippen molar-refractivity contribution < 1.29 is 9.53 Å². The lowest BCUT2D eigenvalue weighted by Crippen LogP contribution is -2.06. The molecule has 1 aromatic carbocycles. The molecular formula is C22H17ClN4O2S. The number of fused-ring (bicyclic) bond motifs is 3. The van der Waals surface area contributed by atoms with Crippen LogP contribution in [-0.2, 0) is 11.2 Å². The van der Waals surface area contributed by atoms with Gasteiger partial charge in [0.05, 0.1) is 27.1 Å². The minimum atomic E-state index is -0.196. The van der Waals surface area contributed by atoms with E-state index < -0.39 is 0 Å². The smallest absolute Gasteiger partial charge is 0.223 e. The molecule has 0 saturated carbocycles. The number of hydrogen-bond donors (Lipinski definition) is 2. The number of carbonyl (C=O) groups excluding carboxylic acids is 1. The number of thiophene rings is 1. The van der Waals surface area contributed by atoms with Gasteiger partial charge < -0.3 is 9.72 Å². The molecule has 0 saturated heterocycles. The minimum absolute atomic E-state index is 0.196. The van der Waals surface area contributed by atoms with Crippen LogP contribution in [0.5, 0.6) is 5.75 Å². The maximum atomic E-state index is 11.6. The Hall–Kier alpha value is -3.16. The molecule has 0 unspecified atom stereocenters. The monoisotopic (exact) mass is 436 g/mol. The van der Waals surface area contributed by atoms with Gasteiger partial charge >= 0.3 is 0 Å². The molecular weight excluding hydrogens is 420 g/mol. The number of anilines is 1. The Morgan fingerprint density at radius 3 is 2.93 bits per heavy atom. The number of aromatic amines is 1. The first-order valence-electron chi connectivity index (χ1n) is 9.44. The molecule has 1 aliphatic rings. The Morgan fingerprint density at radius 2 is 2.10 bits per heavy atom. The van der Waals surface area contributed by atoms with Crippen LogP contribution in [0.15, 0.2) is 48.7 Å². The number of imidazole rings is 1. The summed E-state index contributed by atoms with van der Waals surface area (Å²) in [5, 5.41) is 3.33. The minimum Gasteiger partial charge on any atom is -0.491 e.